The van der Waals surface area contributed by atoms with Gasteiger partial charge >= 0.3 is 0 Å². The maximum absolute atomic E-state index is 12.1. The summed E-state index contributed by atoms with van der Waals surface area (Å²) >= 11 is 9.10. The molecule has 0 unspecified atom stereocenters. The van der Waals surface area contributed by atoms with Gasteiger partial charge in [0.1, 0.15) is 0 Å². The van der Waals surface area contributed by atoms with Crippen molar-refractivity contribution in [3.63, 3.8) is 0 Å². The van der Waals surface area contributed by atoms with E-state index in [-0.39, 0.29) is 11.6 Å². The first-order valence-corrected chi connectivity index (χ1v) is 7.40. The molecular formula is C15H8BrClN2O3. The van der Waals surface area contributed by atoms with E-state index in [1.54, 1.807) is 36.4 Å². The summed E-state index contributed by atoms with van der Waals surface area (Å²) in [6.07, 6.45) is 1.61. The van der Waals surface area contributed by atoms with Gasteiger partial charge in [-0.1, -0.05) is 17.7 Å². The molecule has 0 saturated carbocycles. The quantitative estimate of drug-likeness (QED) is 0.474. The number of anilines is 1. The number of fused-ring (bicyclic) bond motifs is 1. The molecule has 1 heterocycles. The molecule has 7 heteroatoms. The van der Waals surface area contributed by atoms with E-state index in [2.05, 4.69) is 21.2 Å². The van der Waals surface area contributed by atoms with E-state index in [0.717, 1.165) is 0 Å². The highest BCUT2D eigenvalue weighted by molar-refractivity contribution is 9.10. The zero-order valence-corrected chi connectivity index (χ0v) is 13.3. The van der Waals surface area contributed by atoms with E-state index < -0.39 is 4.92 Å². The Bertz CT molecular complexity index is 849. The molecule has 0 spiro atoms. The first-order chi connectivity index (χ1) is 10.5. The summed E-state index contributed by atoms with van der Waals surface area (Å²) in [6.45, 7) is 0. The molecule has 1 aliphatic rings. The van der Waals surface area contributed by atoms with Gasteiger partial charge in [-0.3, -0.25) is 14.9 Å². The third-order valence-corrected chi connectivity index (χ3v) is 4.15. The molecule has 110 valence electrons. The minimum atomic E-state index is -0.481. The molecule has 0 atom stereocenters. The van der Waals surface area contributed by atoms with Crippen LogP contribution in [0.2, 0.25) is 5.02 Å². The van der Waals surface area contributed by atoms with Crippen LogP contribution in [0.25, 0.3) is 11.6 Å². The zero-order chi connectivity index (χ0) is 15.9. The van der Waals surface area contributed by atoms with Crippen LogP contribution in [0.15, 0.2) is 40.9 Å². The summed E-state index contributed by atoms with van der Waals surface area (Å²) in [5, 5.41) is 14.2. The highest BCUT2D eigenvalue weighted by atomic mass is 79.9. The van der Waals surface area contributed by atoms with E-state index in [4.69, 9.17) is 11.6 Å². The van der Waals surface area contributed by atoms with Crippen molar-refractivity contribution in [3.05, 3.63) is 67.1 Å². The molecule has 0 aromatic heterocycles. The highest BCUT2D eigenvalue weighted by Gasteiger charge is 2.24. The Morgan fingerprint density at radius 2 is 2.00 bits per heavy atom. The minimum absolute atomic E-state index is 0.0564. The Labute approximate surface area is 138 Å². The van der Waals surface area contributed by atoms with Crippen molar-refractivity contribution in [2.75, 3.05) is 5.32 Å². The molecular weight excluding hydrogens is 372 g/mol. The van der Waals surface area contributed by atoms with Gasteiger partial charge in [0.25, 0.3) is 11.6 Å². The lowest BCUT2D eigenvalue weighted by Crippen LogP contribution is -2.03. The summed E-state index contributed by atoms with van der Waals surface area (Å²) in [6, 6.07) is 9.78. The lowest BCUT2D eigenvalue weighted by Gasteiger charge is -2.01. The SMILES string of the molecule is O=C1Nc2ccc(Cl)cc2/C1=C\c1ccc(Br)c([N+](=O)[O-])c1. The van der Waals surface area contributed by atoms with E-state index >= 15 is 0 Å². The van der Waals surface area contributed by atoms with Crippen molar-refractivity contribution >= 4 is 56.5 Å². The molecule has 22 heavy (non-hydrogen) atoms. The predicted molar refractivity (Wildman–Crippen MR) is 88.7 cm³/mol. The molecule has 0 bridgehead atoms. The van der Waals surface area contributed by atoms with Crippen LogP contribution in [0, 0.1) is 10.1 Å². The normalized spacial score (nSPS) is 14.8. The van der Waals surface area contributed by atoms with Crippen LogP contribution in [0.3, 0.4) is 0 Å². The van der Waals surface area contributed by atoms with Crippen LogP contribution in [-0.4, -0.2) is 10.8 Å². The molecule has 1 amide bonds. The molecule has 3 rings (SSSR count). The number of amides is 1. The van der Waals surface area contributed by atoms with Gasteiger partial charge in [-0.05, 0) is 51.8 Å². The third-order valence-electron chi connectivity index (χ3n) is 3.24. The number of carbonyl (C=O) groups is 1. The van der Waals surface area contributed by atoms with E-state index in [9.17, 15) is 14.9 Å². The van der Waals surface area contributed by atoms with Gasteiger partial charge in [-0.15, -0.1) is 0 Å². The van der Waals surface area contributed by atoms with Crippen LogP contribution in [0.5, 0.6) is 0 Å². The highest BCUT2D eigenvalue weighted by Crippen LogP contribution is 2.35. The van der Waals surface area contributed by atoms with Crippen molar-refractivity contribution in [2.45, 2.75) is 0 Å². The standard InChI is InChI=1S/C15H8BrClN2O3/c16-12-3-1-8(6-14(12)19(21)22)5-11-10-7-9(17)2-4-13(10)18-15(11)20/h1-7H,(H,18,20)/b11-5+. The van der Waals surface area contributed by atoms with Crippen LogP contribution < -0.4 is 5.32 Å². The molecule has 0 saturated heterocycles. The lowest BCUT2D eigenvalue weighted by atomic mass is 10.0. The summed E-state index contributed by atoms with van der Waals surface area (Å²) in [7, 11) is 0. The van der Waals surface area contributed by atoms with Crippen molar-refractivity contribution < 1.29 is 9.72 Å². The molecule has 1 aliphatic heterocycles. The Morgan fingerprint density at radius 1 is 1.23 bits per heavy atom. The lowest BCUT2D eigenvalue weighted by molar-refractivity contribution is -0.385. The number of halogens is 2. The number of nitro benzene ring substituents is 1. The average Bonchev–Trinajstić information content (AvgIpc) is 2.76. The molecule has 0 radical (unpaired) electrons. The number of nitro groups is 1. The fourth-order valence-corrected chi connectivity index (χ4v) is 2.79. The molecule has 2 aromatic rings. The number of nitrogens with zero attached hydrogens (tertiary/aromatic N) is 1. The fraction of sp³-hybridized carbons (Fsp3) is 0. The average molecular weight is 380 g/mol. The van der Waals surface area contributed by atoms with Gasteiger partial charge in [0.05, 0.1) is 9.40 Å². The van der Waals surface area contributed by atoms with E-state index in [0.29, 0.717) is 31.9 Å². The maximum atomic E-state index is 12.1. The molecule has 1 N–H and O–H groups in total. The second-order valence-corrected chi connectivity index (χ2v) is 5.96. The van der Waals surface area contributed by atoms with Crippen LogP contribution in [0.4, 0.5) is 11.4 Å². The summed E-state index contributed by atoms with van der Waals surface area (Å²) < 4.78 is 0.388. The molecule has 5 nitrogen and oxygen atoms in total. The van der Waals surface area contributed by atoms with Gasteiger partial charge in [-0.2, -0.15) is 0 Å². The number of carbonyl (C=O) groups excluding carboxylic acids is 1. The summed E-state index contributed by atoms with van der Waals surface area (Å²) in [4.78, 5) is 22.6. The second-order valence-electron chi connectivity index (χ2n) is 4.67. The predicted octanol–water partition coefficient (Wildman–Crippen LogP) is 4.50. The van der Waals surface area contributed by atoms with Crippen LogP contribution in [-0.2, 0) is 4.79 Å². The molecule has 0 fully saturated rings. The van der Waals surface area contributed by atoms with Crippen molar-refractivity contribution in [1.29, 1.82) is 0 Å². The van der Waals surface area contributed by atoms with Gasteiger partial charge in [0.15, 0.2) is 0 Å². The topological polar surface area (TPSA) is 72.2 Å². The molecule has 0 aliphatic carbocycles. The Balaban J connectivity index is 2.10. The summed E-state index contributed by atoms with van der Waals surface area (Å²) in [5.41, 5.74) is 2.29. The second kappa shape index (κ2) is 5.55. The largest absolute Gasteiger partial charge is 0.321 e. The van der Waals surface area contributed by atoms with Crippen molar-refractivity contribution in [2.24, 2.45) is 0 Å². The zero-order valence-electron chi connectivity index (χ0n) is 11.0. The van der Waals surface area contributed by atoms with Crippen LogP contribution >= 0.6 is 27.5 Å². The van der Waals surface area contributed by atoms with Crippen molar-refractivity contribution in [1.82, 2.24) is 0 Å². The Morgan fingerprint density at radius 3 is 2.73 bits per heavy atom. The number of benzene rings is 2. The first-order valence-electron chi connectivity index (χ1n) is 6.22. The minimum Gasteiger partial charge on any atom is -0.321 e. The summed E-state index contributed by atoms with van der Waals surface area (Å²) in [5.74, 6) is -0.261. The van der Waals surface area contributed by atoms with Crippen LogP contribution in [0.1, 0.15) is 11.1 Å². The van der Waals surface area contributed by atoms with Gasteiger partial charge in [0.2, 0.25) is 0 Å². The number of rotatable bonds is 2. The third kappa shape index (κ3) is 2.63. The number of hydrogen-bond donors (Lipinski definition) is 1. The first kappa shape index (κ1) is 14.7. The maximum Gasteiger partial charge on any atom is 0.284 e. The number of hydrogen-bond acceptors (Lipinski definition) is 3. The molecule has 2 aromatic carbocycles. The van der Waals surface area contributed by atoms with Gasteiger partial charge in [0, 0.05) is 27.9 Å². The fourth-order valence-electron chi connectivity index (χ4n) is 2.23. The Hall–Kier alpha value is -2.18. The van der Waals surface area contributed by atoms with E-state index in [1.807, 2.05) is 0 Å². The van der Waals surface area contributed by atoms with Gasteiger partial charge in [-0.25, -0.2) is 0 Å². The van der Waals surface area contributed by atoms with Gasteiger partial charge < -0.3 is 5.32 Å². The monoisotopic (exact) mass is 378 g/mol. The number of nitrogens with one attached hydrogen (secondary N) is 1. The Kier molecular flexibility index (Phi) is 3.72. The smallest absolute Gasteiger partial charge is 0.284 e. The van der Waals surface area contributed by atoms with Crippen molar-refractivity contribution in [3.8, 4) is 0 Å². The van der Waals surface area contributed by atoms with E-state index in [1.165, 1.54) is 6.07 Å².